The lowest BCUT2D eigenvalue weighted by atomic mass is 9.90. The van der Waals surface area contributed by atoms with Crippen LogP contribution in [-0.2, 0) is 9.53 Å². The highest BCUT2D eigenvalue weighted by Crippen LogP contribution is 2.32. The molecule has 2 rings (SSSR count). The normalized spacial score (nSPS) is 21.9. The summed E-state index contributed by atoms with van der Waals surface area (Å²) >= 11 is 0. The van der Waals surface area contributed by atoms with Crippen molar-refractivity contribution in [3.63, 3.8) is 0 Å². The van der Waals surface area contributed by atoms with Gasteiger partial charge in [0.05, 0.1) is 4.92 Å². The second-order valence-electron chi connectivity index (χ2n) is 4.07. The zero-order valence-electron chi connectivity index (χ0n) is 10.2. The van der Waals surface area contributed by atoms with Gasteiger partial charge >= 0.3 is 5.69 Å². The summed E-state index contributed by atoms with van der Waals surface area (Å²) < 4.78 is 23.6. The summed E-state index contributed by atoms with van der Waals surface area (Å²) in [4.78, 5) is 21.4. The van der Waals surface area contributed by atoms with Crippen molar-refractivity contribution in [3.05, 3.63) is 34.1 Å². The molecule has 1 aliphatic carbocycles. The van der Waals surface area contributed by atoms with Gasteiger partial charge < -0.3 is 9.47 Å². The number of benzene rings is 1. The van der Waals surface area contributed by atoms with Crippen LogP contribution in [0.2, 0.25) is 0 Å². The number of halogens is 1. The van der Waals surface area contributed by atoms with E-state index in [0.29, 0.717) is 6.61 Å². The van der Waals surface area contributed by atoms with Gasteiger partial charge in [-0.1, -0.05) is 0 Å². The average Bonchev–Trinajstić information content (AvgIpc) is 2.35. The number of hydrogen-bond acceptors (Lipinski definition) is 5. The summed E-state index contributed by atoms with van der Waals surface area (Å²) in [5.41, 5.74) is -0.337. The number of nitrogens with zero attached hydrogens (tertiary/aromatic N) is 1. The maximum atomic E-state index is 13.1. The van der Waals surface area contributed by atoms with Crippen molar-refractivity contribution >= 4 is 11.5 Å². The molecule has 2 unspecified atom stereocenters. The first-order valence-corrected chi connectivity index (χ1v) is 5.78. The highest BCUT2D eigenvalue weighted by atomic mass is 19.1. The van der Waals surface area contributed by atoms with Crippen LogP contribution in [0.15, 0.2) is 18.2 Å². The molecule has 102 valence electrons. The van der Waals surface area contributed by atoms with Gasteiger partial charge in [-0.15, -0.1) is 0 Å². The maximum absolute atomic E-state index is 13.1. The highest BCUT2D eigenvalue weighted by Gasteiger charge is 2.43. The summed E-state index contributed by atoms with van der Waals surface area (Å²) in [7, 11) is 0. The van der Waals surface area contributed by atoms with Crippen LogP contribution >= 0.6 is 0 Å². The van der Waals surface area contributed by atoms with Crippen LogP contribution in [0.3, 0.4) is 0 Å². The second-order valence-corrected chi connectivity index (χ2v) is 4.07. The molecule has 6 nitrogen and oxygen atoms in total. The van der Waals surface area contributed by atoms with Crippen LogP contribution in [-0.4, -0.2) is 29.5 Å². The van der Waals surface area contributed by atoms with Crippen molar-refractivity contribution < 1.29 is 23.6 Å². The molecule has 0 aromatic heterocycles. The number of ether oxygens (including phenoxy) is 2. The van der Waals surface area contributed by atoms with E-state index in [9.17, 15) is 19.3 Å². The Bertz CT molecular complexity index is 519. The third-order valence-electron chi connectivity index (χ3n) is 2.80. The van der Waals surface area contributed by atoms with Gasteiger partial charge in [-0.25, -0.2) is 4.39 Å². The average molecular weight is 269 g/mol. The van der Waals surface area contributed by atoms with Crippen molar-refractivity contribution in [1.29, 1.82) is 0 Å². The Balaban J connectivity index is 2.17. The van der Waals surface area contributed by atoms with E-state index < -0.39 is 22.9 Å². The van der Waals surface area contributed by atoms with E-state index in [1.54, 1.807) is 6.92 Å². The lowest BCUT2D eigenvalue weighted by molar-refractivity contribution is -0.386. The Morgan fingerprint density at radius 3 is 2.84 bits per heavy atom. The Morgan fingerprint density at radius 1 is 1.53 bits per heavy atom. The molecule has 2 atom stereocenters. The molecule has 1 aromatic carbocycles. The SMILES string of the molecule is CCOC1C(=O)CC1Oc1cc(F)ccc1[N+](=O)[O-]. The fraction of sp³-hybridized carbons (Fsp3) is 0.417. The first-order valence-electron chi connectivity index (χ1n) is 5.78. The molecule has 0 saturated heterocycles. The van der Waals surface area contributed by atoms with Crippen molar-refractivity contribution in [1.82, 2.24) is 0 Å². The number of nitro benzene ring substituents is 1. The molecule has 0 spiro atoms. The standard InChI is InChI=1S/C12H12FNO5/c1-2-18-12-9(15)6-11(12)19-10-5-7(13)3-4-8(10)14(16)17/h3-5,11-12H,2,6H2,1H3. The smallest absolute Gasteiger partial charge is 0.311 e. The lowest BCUT2D eigenvalue weighted by Crippen LogP contribution is -2.52. The summed E-state index contributed by atoms with van der Waals surface area (Å²) in [5, 5.41) is 10.8. The van der Waals surface area contributed by atoms with Crippen LogP contribution in [0.1, 0.15) is 13.3 Å². The third-order valence-corrected chi connectivity index (χ3v) is 2.80. The molecule has 0 heterocycles. The van der Waals surface area contributed by atoms with Gasteiger partial charge in [0.1, 0.15) is 11.9 Å². The minimum atomic E-state index is -0.729. The van der Waals surface area contributed by atoms with E-state index >= 15 is 0 Å². The Labute approximate surface area is 108 Å². The molecular weight excluding hydrogens is 257 g/mol. The van der Waals surface area contributed by atoms with Gasteiger partial charge in [-0.05, 0) is 13.0 Å². The molecule has 1 aromatic rings. The number of nitro groups is 1. The zero-order valence-corrected chi connectivity index (χ0v) is 10.2. The number of ketones is 1. The number of carbonyl (C=O) groups is 1. The number of carbonyl (C=O) groups excluding carboxylic acids is 1. The van der Waals surface area contributed by atoms with Gasteiger partial charge in [-0.3, -0.25) is 14.9 Å². The summed E-state index contributed by atoms with van der Waals surface area (Å²) in [6, 6.07) is 2.95. The minimum absolute atomic E-state index is 0.109. The summed E-state index contributed by atoms with van der Waals surface area (Å²) in [5.74, 6) is -0.947. The largest absolute Gasteiger partial charge is 0.480 e. The van der Waals surface area contributed by atoms with Crippen LogP contribution in [0.25, 0.3) is 0 Å². The summed E-state index contributed by atoms with van der Waals surface area (Å²) in [6.07, 6.45) is -1.22. The monoisotopic (exact) mass is 269 g/mol. The number of hydrogen-bond donors (Lipinski definition) is 0. The predicted octanol–water partition coefficient (Wildman–Crippen LogP) is 1.86. The molecule has 0 bridgehead atoms. The van der Waals surface area contributed by atoms with Crippen LogP contribution in [0.4, 0.5) is 10.1 Å². The van der Waals surface area contributed by atoms with E-state index in [1.807, 2.05) is 0 Å². The van der Waals surface area contributed by atoms with E-state index in [4.69, 9.17) is 9.47 Å². The predicted molar refractivity (Wildman–Crippen MR) is 62.5 cm³/mol. The van der Waals surface area contributed by atoms with Crippen molar-refractivity contribution in [3.8, 4) is 5.75 Å². The molecule has 19 heavy (non-hydrogen) atoms. The zero-order chi connectivity index (χ0) is 14.0. The Hall–Kier alpha value is -2.02. The molecule has 0 N–H and O–H groups in total. The molecule has 1 saturated carbocycles. The van der Waals surface area contributed by atoms with Crippen LogP contribution in [0, 0.1) is 15.9 Å². The van der Waals surface area contributed by atoms with Gasteiger partial charge in [0.25, 0.3) is 0 Å². The molecule has 7 heteroatoms. The molecule has 0 amide bonds. The van der Waals surface area contributed by atoms with Gasteiger partial charge in [0.2, 0.25) is 0 Å². The van der Waals surface area contributed by atoms with Crippen molar-refractivity contribution in [2.75, 3.05) is 6.61 Å². The van der Waals surface area contributed by atoms with Gasteiger partial charge in [-0.2, -0.15) is 0 Å². The van der Waals surface area contributed by atoms with E-state index in [-0.39, 0.29) is 23.6 Å². The van der Waals surface area contributed by atoms with Crippen LogP contribution in [0.5, 0.6) is 5.75 Å². The van der Waals surface area contributed by atoms with Gasteiger partial charge in [0, 0.05) is 25.2 Å². The fourth-order valence-electron chi connectivity index (χ4n) is 1.85. The number of Topliss-reactive ketones (excluding diaryl/α,β-unsaturated/α-hetero) is 1. The molecule has 0 radical (unpaired) electrons. The molecule has 1 aliphatic rings. The quantitative estimate of drug-likeness (QED) is 0.602. The minimum Gasteiger partial charge on any atom is -0.480 e. The summed E-state index contributed by atoms with van der Waals surface area (Å²) in [6.45, 7) is 2.06. The first-order chi connectivity index (χ1) is 9.02. The van der Waals surface area contributed by atoms with E-state index in [2.05, 4.69) is 0 Å². The second kappa shape index (κ2) is 5.31. The number of rotatable bonds is 5. The van der Waals surface area contributed by atoms with Crippen molar-refractivity contribution in [2.45, 2.75) is 25.6 Å². The fourth-order valence-corrected chi connectivity index (χ4v) is 1.85. The Morgan fingerprint density at radius 2 is 2.26 bits per heavy atom. The lowest BCUT2D eigenvalue weighted by Gasteiger charge is -2.34. The van der Waals surface area contributed by atoms with E-state index in [0.717, 1.165) is 18.2 Å². The first kappa shape index (κ1) is 13.4. The molecule has 0 aliphatic heterocycles. The third kappa shape index (κ3) is 2.70. The van der Waals surface area contributed by atoms with Crippen LogP contribution < -0.4 is 4.74 Å². The topological polar surface area (TPSA) is 78.7 Å². The molecular formula is C12H12FNO5. The molecule has 1 fully saturated rings. The Kier molecular flexibility index (Phi) is 3.75. The van der Waals surface area contributed by atoms with Gasteiger partial charge in [0.15, 0.2) is 17.6 Å². The van der Waals surface area contributed by atoms with E-state index in [1.165, 1.54) is 0 Å². The highest BCUT2D eigenvalue weighted by molar-refractivity contribution is 5.90. The maximum Gasteiger partial charge on any atom is 0.311 e. The van der Waals surface area contributed by atoms with Crippen molar-refractivity contribution in [2.24, 2.45) is 0 Å².